The maximum atomic E-state index is 12.2. The topological polar surface area (TPSA) is 88.2 Å². The highest BCUT2D eigenvalue weighted by Gasteiger charge is 2.20. The lowest BCUT2D eigenvalue weighted by atomic mass is 10.1. The molecule has 0 aliphatic heterocycles. The number of amides is 1. The van der Waals surface area contributed by atoms with Gasteiger partial charge < -0.3 is 16.2 Å². The fraction of sp³-hybridized carbons (Fsp3) is 0.429. The van der Waals surface area contributed by atoms with E-state index in [1.54, 1.807) is 13.1 Å². The maximum absolute atomic E-state index is 12.2. The van der Waals surface area contributed by atoms with E-state index in [0.29, 0.717) is 17.0 Å². The highest BCUT2D eigenvalue weighted by molar-refractivity contribution is 7.21. The van der Waals surface area contributed by atoms with Crippen LogP contribution in [-0.4, -0.2) is 28.1 Å². The van der Waals surface area contributed by atoms with Crippen LogP contribution in [0, 0.1) is 6.92 Å². The molecule has 0 spiro atoms. The zero-order valence-electron chi connectivity index (χ0n) is 11.8. The van der Waals surface area contributed by atoms with Gasteiger partial charge in [0.15, 0.2) is 0 Å². The van der Waals surface area contributed by atoms with Crippen molar-refractivity contribution in [2.45, 2.75) is 39.3 Å². The van der Waals surface area contributed by atoms with Crippen molar-refractivity contribution in [3.05, 3.63) is 22.7 Å². The van der Waals surface area contributed by atoms with Gasteiger partial charge in [-0.3, -0.25) is 4.79 Å². The SMILES string of the molecule is Cc1ccnc2sc(C(=O)NC(C)CC(C)O)c(N)c12. The number of nitrogen functional groups attached to an aromatic ring is 1. The minimum atomic E-state index is -0.450. The Balaban J connectivity index is 2.27. The molecule has 108 valence electrons. The number of hydrogen-bond donors (Lipinski definition) is 3. The molecular weight excluding hydrogens is 274 g/mol. The second kappa shape index (κ2) is 5.76. The molecule has 0 bridgehead atoms. The van der Waals surface area contributed by atoms with Gasteiger partial charge >= 0.3 is 0 Å². The molecule has 0 aromatic carbocycles. The Morgan fingerprint density at radius 2 is 2.25 bits per heavy atom. The van der Waals surface area contributed by atoms with Gasteiger partial charge in [-0.05, 0) is 38.8 Å². The molecule has 0 fully saturated rings. The van der Waals surface area contributed by atoms with Gasteiger partial charge in [0.1, 0.15) is 9.71 Å². The van der Waals surface area contributed by atoms with Crippen molar-refractivity contribution in [2.24, 2.45) is 0 Å². The molecule has 0 aliphatic carbocycles. The maximum Gasteiger partial charge on any atom is 0.263 e. The molecule has 2 unspecified atom stereocenters. The lowest BCUT2D eigenvalue weighted by Gasteiger charge is -2.14. The molecule has 2 aromatic rings. The predicted octanol–water partition coefficient (Wildman–Crippen LogP) is 2.08. The van der Waals surface area contributed by atoms with Crippen LogP contribution < -0.4 is 11.1 Å². The van der Waals surface area contributed by atoms with Crippen molar-refractivity contribution in [3.63, 3.8) is 0 Å². The van der Waals surface area contributed by atoms with Gasteiger partial charge in [-0.25, -0.2) is 4.98 Å². The third kappa shape index (κ3) is 2.91. The van der Waals surface area contributed by atoms with Crippen LogP contribution in [0.5, 0.6) is 0 Å². The Morgan fingerprint density at radius 1 is 1.55 bits per heavy atom. The normalized spacial score (nSPS) is 14.2. The van der Waals surface area contributed by atoms with E-state index in [1.807, 2.05) is 19.9 Å². The Kier molecular flexibility index (Phi) is 4.25. The van der Waals surface area contributed by atoms with Gasteiger partial charge in [-0.1, -0.05) is 0 Å². The quantitative estimate of drug-likeness (QED) is 0.805. The minimum absolute atomic E-state index is 0.110. The number of fused-ring (bicyclic) bond motifs is 1. The number of aliphatic hydroxyl groups is 1. The van der Waals surface area contributed by atoms with Crippen molar-refractivity contribution >= 4 is 33.1 Å². The molecule has 2 aromatic heterocycles. The molecule has 0 saturated heterocycles. The number of hydrogen-bond acceptors (Lipinski definition) is 5. The summed E-state index contributed by atoms with van der Waals surface area (Å²) in [5, 5.41) is 13.0. The number of aryl methyl sites for hydroxylation is 1. The molecule has 5 nitrogen and oxygen atoms in total. The number of carbonyl (C=O) groups excluding carboxylic acids is 1. The lowest BCUT2D eigenvalue weighted by molar-refractivity contribution is 0.0928. The number of carbonyl (C=O) groups is 1. The number of nitrogens with zero attached hydrogens (tertiary/aromatic N) is 1. The summed E-state index contributed by atoms with van der Waals surface area (Å²) in [6, 6.07) is 1.77. The number of anilines is 1. The molecule has 6 heteroatoms. The minimum Gasteiger partial charge on any atom is -0.397 e. The molecule has 0 aliphatic rings. The number of nitrogens with two attached hydrogens (primary N) is 1. The van der Waals surface area contributed by atoms with Gasteiger partial charge in [0, 0.05) is 17.6 Å². The third-order valence-electron chi connectivity index (χ3n) is 3.12. The molecular formula is C14H19N3O2S. The predicted molar refractivity (Wildman–Crippen MR) is 82.0 cm³/mol. The van der Waals surface area contributed by atoms with Crippen molar-refractivity contribution in [3.8, 4) is 0 Å². The number of nitrogens with one attached hydrogen (secondary N) is 1. The first-order chi connectivity index (χ1) is 9.40. The zero-order valence-corrected chi connectivity index (χ0v) is 12.6. The highest BCUT2D eigenvalue weighted by Crippen LogP contribution is 2.34. The summed E-state index contributed by atoms with van der Waals surface area (Å²) in [5.41, 5.74) is 7.58. The van der Waals surface area contributed by atoms with Crippen molar-refractivity contribution < 1.29 is 9.90 Å². The van der Waals surface area contributed by atoms with Crippen LogP contribution in [0.15, 0.2) is 12.3 Å². The van der Waals surface area contributed by atoms with E-state index in [4.69, 9.17) is 5.73 Å². The van der Waals surface area contributed by atoms with Crippen molar-refractivity contribution in [1.82, 2.24) is 10.3 Å². The second-order valence-corrected chi connectivity index (χ2v) is 6.11. The van der Waals surface area contributed by atoms with E-state index in [1.165, 1.54) is 11.3 Å². The Labute approximate surface area is 121 Å². The molecule has 2 atom stereocenters. The first-order valence-corrected chi connectivity index (χ1v) is 7.34. The lowest BCUT2D eigenvalue weighted by Crippen LogP contribution is -2.34. The number of thiophene rings is 1. The van der Waals surface area contributed by atoms with E-state index in [-0.39, 0.29) is 11.9 Å². The molecule has 1 amide bonds. The Hall–Kier alpha value is -1.66. The first-order valence-electron chi connectivity index (χ1n) is 6.52. The number of aromatic nitrogens is 1. The molecule has 2 heterocycles. The number of pyridine rings is 1. The monoisotopic (exact) mass is 293 g/mol. The average molecular weight is 293 g/mol. The van der Waals surface area contributed by atoms with Crippen LogP contribution in [0.4, 0.5) is 5.69 Å². The summed E-state index contributed by atoms with van der Waals surface area (Å²) < 4.78 is 0. The summed E-state index contributed by atoms with van der Waals surface area (Å²) in [4.78, 5) is 17.8. The van der Waals surface area contributed by atoms with Crippen molar-refractivity contribution in [1.29, 1.82) is 0 Å². The molecule has 4 N–H and O–H groups in total. The molecule has 2 rings (SSSR count). The smallest absolute Gasteiger partial charge is 0.263 e. The highest BCUT2D eigenvalue weighted by atomic mass is 32.1. The van der Waals surface area contributed by atoms with Gasteiger partial charge in [-0.15, -0.1) is 11.3 Å². The summed E-state index contributed by atoms with van der Waals surface area (Å²) in [6.07, 6.45) is 1.77. The molecule has 20 heavy (non-hydrogen) atoms. The van der Waals surface area contributed by atoms with Gasteiger partial charge in [-0.2, -0.15) is 0 Å². The summed E-state index contributed by atoms with van der Waals surface area (Å²) in [6.45, 7) is 5.51. The number of rotatable bonds is 4. The van der Waals surface area contributed by atoms with Gasteiger partial charge in [0.2, 0.25) is 0 Å². The second-order valence-electron chi connectivity index (χ2n) is 5.11. The van der Waals surface area contributed by atoms with Gasteiger partial charge in [0.05, 0.1) is 11.8 Å². The largest absolute Gasteiger partial charge is 0.397 e. The Morgan fingerprint density at radius 3 is 2.85 bits per heavy atom. The summed E-state index contributed by atoms with van der Waals surface area (Å²) in [5.74, 6) is -0.210. The van der Waals surface area contributed by atoms with E-state index in [9.17, 15) is 9.90 Å². The van der Waals surface area contributed by atoms with Crippen LogP contribution in [-0.2, 0) is 0 Å². The van der Waals surface area contributed by atoms with Crippen LogP contribution in [0.1, 0.15) is 35.5 Å². The summed E-state index contributed by atoms with van der Waals surface area (Å²) in [7, 11) is 0. The Bertz CT molecular complexity index is 637. The number of aliphatic hydroxyl groups excluding tert-OH is 1. The first kappa shape index (κ1) is 14.7. The zero-order chi connectivity index (χ0) is 14.9. The van der Waals surface area contributed by atoms with Crippen LogP contribution in [0.2, 0.25) is 0 Å². The van der Waals surface area contributed by atoms with E-state index < -0.39 is 6.10 Å². The van der Waals surface area contributed by atoms with Crippen LogP contribution in [0.3, 0.4) is 0 Å². The van der Waals surface area contributed by atoms with E-state index >= 15 is 0 Å². The molecule has 0 radical (unpaired) electrons. The average Bonchev–Trinajstić information content (AvgIpc) is 2.67. The van der Waals surface area contributed by atoms with Crippen LogP contribution >= 0.6 is 11.3 Å². The third-order valence-corrected chi connectivity index (χ3v) is 4.23. The molecule has 0 saturated carbocycles. The van der Waals surface area contributed by atoms with Crippen LogP contribution in [0.25, 0.3) is 10.2 Å². The summed E-state index contributed by atoms with van der Waals surface area (Å²) >= 11 is 1.30. The fourth-order valence-corrected chi connectivity index (χ4v) is 3.28. The van der Waals surface area contributed by atoms with E-state index in [2.05, 4.69) is 10.3 Å². The fourth-order valence-electron chi connectivity index (χ4n) is 2.23. The van der Waals surface area contributed by atoms with Crippen molar-refractivity contribution in [2.75, 3.05) is 5.73 Å². The van der Waals surface area contributed by atoms with E-state index in [0.717, 1.165) is 15.8 Å². The standard InChI is InChI=1S/C14H19N3O2S/c1-7-4-5-16-14-10(7)11(15)12(20-14)13(19)17-8(2)6-9(3)18/h4-5,8-9,18H,6,15H2,1-3H3,(H,17,19). The van der Waals surface area contributed by atoms with Gasteiger partial charge in [0.25, 0.3) is 5.91 Å².